The number of methoxy groups -OCH3 is 1. The number of hydrogen-bond acceptors (Lipinski definition) is 4. The number of ether oxygens (including phenoxy) is 1. The van der Waals surface area contributed by atoms with Crippen molar-refractivity contribution in [1.82, 2.24) is 4.90 Å². The lowest BCUT2D eigenvalue weighted by Gasteiger charge is -2.16. The molecule has 0 aromatic heterocycles. The number of hydrogen-bond donors (Lipinski definition) is 2. The molecular formula is C19H18N2O4. The van der Waals surface area contributed by atoms with Gasteiger partial charge in [0.1, 0.15) is 17.1 Å². The molecule has 0 fully saturated rings. The van der Waals surface area contributed by atoms with Crippen LogP contribution in [0, 0.1) is 0 Å². The Hall–Kier alpha value is -3.28. The minimum Gasteiger partial charge on any atom is -0.509 e. The molecule has 3 rings (SSSR count). The van der Waals surface area contributed by atoms with Crippen LogP contribution in [0.2, 0.25) is 0 Å². The van der Waals surface area contributed by atoms with Crippen molar-refractivity contribution in [3.8, 4) is 5.75 Å². The summed E-state index contributed by atoms with van der Waals surface area (Å²) in [5.74, 6) is -0.659. The first-order valence-corrected chi connectivity index (χ1v) is 7.79. The van der Waals surface area contributed by atoms with E-state index in [1.54, 1.807) is 31.4 Å². The first-order chi connectivity index (χ1) is 12.1. The first kappa shape index (κ1) is 16.6. The molecule has 2 aromatic rings. The maximum absolute atomic E-state index is 12.5. The molecule has 1 heterocycles. The Morgan fingerprint density at radius 2 is 1.84 bits per heavy atom. The normalized spacial score (nSPS) is 14.0. The number of anilines is 1. The van der Waals surface area contributed by atoms with Crippen molar-refractivity contribution in [2.24, 2.45) is 0 Å². The number of carbonyl (C=O) groups is 2. The van der Waals surface area contributed by atoms with Crippen molar-refractivity contribution in [2.75, 3.05) is 19.0 Å². The van der Waals surface area contributed by atoms with E-state index in [-0.39, 0.29) is 17.9 Å². The monoisotopic (exact) mass is 338 g/mol. The van der Waals surface area contributed by atoms with Gasteiger partial charge in [-0.1, -0.05) is 30.3 Å². The van der Waals surface area contributed by atoms with Gasteiger partial charge in [-0.25, -0.2) is 0 Å². The fourth-order valence-electron chi connectivity index (χ4n) is 2.64. The van der Waals surface area contributed by atoms with Gasteiger partial charge in [0, 0.05) is 12.2 Å². The summed E-state index contributed by atoms with van der Waals surface area (Å²) in [6, 6.07) is 16.1. The topological polar surface area (TPSA) is 78.9 Å². The highest BCUT2D eigenvalue weighted by atomic mass is 16.5. The second-order valence-electron chi connectivity index (χ2n) is 5.65. The molecule has 128 valence electrons. The van der Waals surface area contributed by atoms with Crippen molar-refractivity contribution in [1.29, 1.82) is 0 Å². The van der Waals surface area contributed by atoms with E-state index in [0.29, 0.717) is 18.0 Å². The van der Waals surface area contributed by atoms with Crippen LogP contribution in [0.5, 0.6) is 5.75 Å². The lowest BCUT2D eigenvalue weighted by atomic mass is 10.2. The van der Waals surface area contributed by atoms with Gasteiger partial charge in [-0.15, -0.1) is 0 Å². The average molecular weight is 338 g/mol. The molecule has 1 aliphatic rings. The van der Waals surface area contributed by atoms with Crippen molar-refractivity contribution in [3.05, 3.63) is 71.5 Å². The van der Waals surface area contributed by atoms with Crippen molar-refractivity contribution in [3.63, 3.8) is 0 Å². The fourth-order valence-corrected chi connectivity index (χ4v) is 2.64. The molecule has 2 N–H and O–H groups in total. The van der Waals surface area contributed by atoms with Gasteiger partial charge in [-0.2, -0.15) is 0 Å². The van der Waals surface area contributed by atoms with Crippen LogP contribution >= 0.6 is 0 Å². The zero-order valence-electron chi connectivity index (χ0n) is 13.7. The maximum atomic E-state index is 12.5. The molecule has 2 amide bonds. The average Bonchev–Trinajstić information content (AvgIpc) is 2.90. The highest BCUT2D eigenvalue weighted by Crippen LogP contribution is 2.22. The van der Waals surface area contributed by atoms with E-state index in [1.807, 2.05) is 30.3 Å². The van der Waals surface area contributed by atoms with Gasteiger partial charge in [0.05, 0.1) is 13.7 Å². The molecule has 0 unspecified atom stereocenters. The number of nitrogens with one attached hydrogen (secondary N) is 1. The third kappa shape index (κ3) is 3.63. The van der Waals surface area contributed by atoms with Gasteiger partial charge in [-0.05, 0) is 29.8 Å². The van der Waals surface area contributed by atoms with Crippen LogP contribution in [-0.4, -0.2) is 35.5 Å². The van der Waals surface area contributed by atoms with Crippen molar-refractivity contribution < 1.29 is 19.4 Å². The highest BCUT2D eigenvalue weighted by Gasteiger charge is 2.35. The van der Waals surface area contributed by atoms with Crippen LogP contribution in [0.3, 0.4) is 0 Å². The van der Waals surface area contributed by atoms with Crippen molar-refractivity contribution in [2.45, 2.75) is 6.54 Å². The summed E-state index contributed by atoms with van der Waals surface area (Å²) in [7, 11) is 1.55. The minimum absolute atomic E-state index is 0.0269. The van der Waals surface area contributed by atoms with Crippen LogP contribution < -0.4 is 10.1 Å². The second kappa shape index (κ2) is 7.09. The molecule has 0 atom stereocenters. The number of benzene rings is 2. The Kier molecular flexibility index (Phi) is 4.70. The lowest BCUT2D eigenvalue weighted by molar-refractivity contribution is -0.128. The SMILES string of the molecule is COc1ccc(NC(=O)C2=C(O)CN(Cc3ccccc3)C2=O)cc1. The van der Waals surface area contributed by atoms with Crippen LogP contribution in [0.25, 0.3) is 0 Å². The molecule has 0 bridgehead atoms. The van der Waals surface area contributed by atoms with E-state index in [1.165, 1.54) is 4.90 Å². The third-order valence-electron chi connectivity index (χ3n) is 3.92. The molecule has 2 aromatic carbocycles. The van der Waals surface area contributed by atoms with E-state index in [4.69, 9.17) is 4.74 Å². The van der Waals surface area contributed by atoms with E-state index in [0.717, 1.165) is 5.56 Å². The predicted octanol–water partition coefficient (Wildman–Crippen LogP) is 2.49. The summed E-state index contributed by atoms with van der Waals surface area (Å²) < 4.78 is 5.06. The van der Waals surface area contributed by atoms with Gasteiger partial charge < -0.3 is 20.1 Å². The zero-order valence-corrected chi connectivity index (χ0v) is 13.7. The Balaban J connectivity index is 1.69. The molecule has 0 saturated heterocycles. The Morgan fingerprint density at radius 3 is 2.48 bits per heavy atom. The predicted molar refractivity (Wildman–Crippen MR) is 93.1 cm³/mol. The van der Waals surface area contributed by atoms with Crippen LogP contribution in [0.4, 0.5) is 5.69 Å². The number of amides is 2. The standard InChI is InChI=1S/C19H18N2O4/c1-25-15-9-7-14(8-10-15)20-18(23)17-16(22)12-21(19(17)24)11-13-5-3-2-4-6-13/h2-10,22H,11-12H2,1H3,(H,20,23). The molecule has 25 heavy (non-hydrogen) atoms. The maximum Gasteiger partial charge on any atom is 0.264 e. The molecular weight excluding hydrogens is 320 g/mol. The van der Waals surface area contributed by atoms with Crippen LogP contribution in [-0.2, 0) is 16.1 Å². The van der Waals surface area contributed by atoms with Gasteiger partial charge in [0.15, 0.2) is 0 Å². The van der Waals surface area contributed by atoms with E-state index >= 15 is 0 Å². The summed E-state index contributed by atoms with van der Waals surface area (Å²) in [5.41, 5.74) is 1.23. The molecule has 0 radical (unpaired) electrons. The number of aliphatic hydroxyl groups excluding tert-OH is 1. The summed E-state index contributed by atoms with van der Waals surface area (Å²) in [4.78, 5) is 26.3. The Labute approximate surface area is 145 Å². The highest BCUT2D eigenvalue weighted by molar-refractivity contribution is 6.24. The minimum atomic E-state index is -0.622. The summed E-state index contributed by atoms with van der Waals surface area (Å²) in [5, 5.41) is 12.7. The molecule has 6 nitrogen and oxygen atoms in total. The quantitative estimate of drug-likeness (QED) is 0.821. The van der Waals surface area contributed by atoms with Gasteiger partial charge >= 0.3 is 0 Å². The largest absolute Gasteiger partial charge is 0.509 e. The van der Waals surface area contributed by atoms with E-state index in [9.17, 15) is 14.7 Å². The van der Waals surface area contributed by atoms with Gasteiger partial charge in [0.25, 0.3) is 11.8 Å². The summed E-state index contributed by atoms with van der Waals surface area (Å²) in [6.45, 7) is 0.363. The zero-order chi connectivity index (χ0) is 17.8. The number of nitrogens with zero attached hydrogens (tertiary/aromatic N) is 1. The Bertz CT molecular complexity index is 813. The molecule has 0 aliphatic carbocycles. The van der Waals surface area contributed by atoms with E-state index < -0.39 is 11.8 Å². The number of aliphatic hydroxyl groups is 1. The van der Waals surface area contributed by atoms with Crippen molar-refractivity contribution >= 4 is 17.5 Å². The van der Waals surface area contributed by atoms with Crippen LogP contribution in [0.15, 0.2) is 65.9 Å². The first-order valence-electron chi connectivity index (χ1n) is 7.79. The smallest absolute Gasteiger partial charge is 0.264 e. The Morgan fingerprint density at radius 1 is 1.16 bits per heavy atom. The second-order valence-corrected chi connectivity index (χ2v) is 5.65. The number of rotatable bonds is 5. The molecule has 0 saturated carbocycles. The third-order valence-corrected chi connectivity index (χ3v) is 3.92. The number of carbonyl (C=O) groups excluding carboxylic acids is 2. The van der Waals surface area contributed by atoms with E-state index in [2.05, 4.69) is 5.32 Å². The fraction of sp³-hybridized carbons (Fsp3) is 0.158. The molecule has 6 heteroatoms. The van der Waals surface area contributed by atoms with Crippen LogP contribution in [0.1, 0.15) is 5.56 Å². The summed E-state index contributed by atoms with van der Waals surface area (Å²) >= 11 is 0. The van der Waals surface area contributed by atoms with Gasteiger partial charge in [-0.3, -0.25) is 9.59 Å². The molecule has 1 aliphatic heterocycles. The summed E-state index contributed by atoms with van der Waals surface area (Å²) in [6.07, 6.45) is 0. The van der Waals surface area contributed by atoms with Gasteiger partial charge in [0.2, 0.25) is 0 Å². The lowest BCUT2D eigenvalue weighted by Crippen LogP contribution is -2.30. The molecule has 0 spiro atoms.